The zero-order chi connectivity index (χ0) is 20.8. The molecule has 29 heavy (non-hydrogen) atoms. The first-order chi connectivity index (χ1) is 13.9. The quantitative estimate of drug-likeness (QED) is 0.418. The molecule has 0 atom stereocenters. The number of aryl methyl sites for hydroxylation is 1. The summed E-state index contributed by atoms with van der Waals surface area (Å²) in [5.41, 5.74) is 13.4. The Bertz CT molecular complexity index is 1030. The van der Waals surface area contributed by atoms with E-state index in [0.717, 1.165) is 11.3 Å². The van der Waals surface area contributed by atoms with Crippen LogP contribution in [0.2, 0.25) is 10.0 Å². The summed E-state index contributed by atoms with van der Waals surface area (Å²) >= 11 is 11.8. The van der Waals surface area contributed by atoms with Crippen molar-refractivity contribution in [1.82, 2.24) is 15.4 Å². The number of halogens is 2. The summed E-state index contributed by atoms with van der Waals surface area (Å²) in [4.78, 5) is 20.2. The number of para-hydroxylation sites is 1. The van der Waals surface area contributed by atoms with Gasteiger partial charge in [-0.1, -0.05) is 41.4 Å². The predicted molar refractivity (Wildman–Crippen MR) is 115 cm³/mol. The zero-order valence-electron chi connectivity index (χ0n) is 15.4. The summed E-state index contributed by atoms with van der Waals surface area (Å²) in [7, 11) is 0. The van der Waals surface area contributed by atoms with Gasteiger partial charge in [-0.3, -0.25) is 15.6 Å². The molecule has 0 radical (unpaired) electrons. The number of nitrogens with one attached hydrogen (secondary N) is 3. The number of nitrogens with two attached hydrogens (primary N) is 1. The molecule has 10 heteroatoms. The molecule has 0 aliphatic carbocycles. The molecule has 0 bridgehead atoms. The third kappa shape index (κ3) is 5.40. The molecule has 0 unspecified atom stereocenters. The summed E-state index contributed by atoms with van der Waals surface area (Å²) < 4.78 is 5.37. The molecule has 0 aliphatic rings. The number of aromatic nitrogens is 2. The Morgan fingerprint density at radius 1 is 1.14 bits per heavy atom. The summed E-state index contributed by atoms with van der Waals surface area (Å²) in [5, 5.41) is 3.93. The van der Waals surface area contributed by atoms with E-state index in [4.69, 9.17) is 33.7 Å². The van der Waals surface area contributed by atoms with E-state index in [1.807, 2.05) is 31.2 Å². The van der Waals surface area contributed by atoms with Crippen LogP contribution in [-0.2, 0) is 4.79 Å². The lowest BCUT2D eigenvalue weighted by Crippen LogP contribution is -2.34. The molecule has 5 N–H and O–H groups in total. The first-order valence-corrected chi connectivity index (χ1v) is 9.25. The van der Waals surface area contributed by atoms with Crippen molar-refractivity contribution in [3.63, 3.8) is 0 Å². The van der Waals surface area contributed by atoms with Gasteiger partial charge in [0.1, 0.15) is 17.8 Å². The number of rotatable bonds is 7. The van der Waals surface area contributed by atoms with Crippen molar-refractivity contribution in [3.8, 4) is 5.75 Å². The minimum Gasteiger partial charge on any atom is -0.482 e. The molecule has 1 amide bonds. The molecule has 3 rings (SSSR count). The highest BCUT2D eigenvalue weighted by atomic mass is 35.5. The van der Waals surface area contributed by atoms with E-state index in [1.165, 1.54) is 12.4 Å². The van der Waals surface area contributed by atoms with Gasteiger partial charge < -0.3 is 15.8 Å². The van der Waals surface area contributed by atoms with Crippen LogP contribution >= 0.6 is 23.2 Å². The topological polar surface area (TPSA) is 114 Å². The Morgan fingerprint density at radius 3 is 2.66 bits per heavy atom. The Labute approximate surface area is 177 Å². The second-order valence-corrected chi connectivity index (χ2v) is 6.80. The third-order valence-electron chi connectivity index (χ3n) is 3.86. The Balaban J connectivity index is 1.59. The normalized spacial score (nSPS) is 10.3. The first kappa shape index (κ1) is 20.5. The lowest BCUT2D eigenvalue weighted by molar-refractivity contribution is -0.122. The number of hydrogen-bond donors (Lipinski definition) is 4. The molecule has 0 fully saturated rings. The number of nitrogen functional groups attached to an aromatic ring is 1. The lowest BCUT2D eigenvalue weighted by atomic mass is 10.2. The Hall–Kier alpha value is -3.23. The average molecular weight is 433 g/mol. The summed E-state index contributed by atoms with van der Waals surface area (Å²) in [5.74, 6) is 0.545. The van der Waals surface area contributed by atoms with Gasteiger partial charge in [0, 0.05) is 10.7 Å². The van der Waals surface area contributed by atoms with Crippen LogP contribution in [0.1, 0.15) is 5.56 Å². The number of benzene rings is 2. The number of ether oxygens (including phenoxy) is 1. The van der Waals surface area contributed by atoms with E-state index in [-0.39, 0.29) is 18.1 Å². The molecular formula is C19H18Cl2N6O2. The number of carbonyl (C=O) groups excluding carboxylic acids is 1. The molecule has 0 saturated heterocycles. The maximum atomic E-state index is 12.0. The smallest absolute Gasteiger partial charge is 0.276 e. The second kappa shape index (κ2) is 9.31. The molecule has 8 nitrogen and oxygen atoms in total. The van der Waals surface area contributed by atoms with Crippen molar-refractivity contribution >= 4 is 52.1 Å². The minimum atomic E-state index is -0.456. The van der Waals surface area contributed by atoms with E-state index in [9.17, 15) is 4.79 Å². The fourth-order valence-corrected chi connectivity index (χ4v) is 2.80. The van der Waals surface area contributed by atoms with Crippen molar-refractivity contribution in [1.29, 1.82) is 0 Å². The molecule has 2 aromatic carbocycles. The van der Waals surface area contributed by atoms with Gasteiger partial charge in [0.15, 0.2) is 18.2 Å². The van der Waals surface area contributed by atoms with Crippen LogP contribution in [0, 0.1) is 6.92 Å². The number of amides is 1. The highest BCUT2D eigenvalue weighted by molar-refractivity contribution is 6.35. The van der Waals surface area contributed by atoms with Gasteiger partial charge in [-0.2, -0.15) is 0 Å². The maximum absolute atomic E-state index is 12.0. The number of hydrazine groups is 1. The van der Waals surface area contributed by atoms with Crippen molar-refractivity contribution in [2.75, 3.05) is 23.1 Å². The third-order valence-corrected chi connectivity index (χ3v) is 4.39. The number of carbonyl (C=O) groups is 1. The number of nitrogens with zero attached hydrogens (tertiary/aromatic N) is 2. The van der Waals surface area contributed by atoms with Crippen molar-refractivity contribution in [3.05, 3.63) is 64.4 Å². The molecule has 0 aliphatic heterocycles. The van der Waals surface area contributed by atoms with Crippen molar-refractivity contribution in [2.45, 2.75) is 6.92 Å². The van der Waals surface area contributed by atoms with Crippen LogP contribution < -0.4 is 26.6 Å². The van der Waals surface area contributed by atoms with Crippen LogP contribution in [0.3, 0.4) is 0 Å². The highest BCUT2D eigenvalue weighted by Crippen LogP contribution is 2.28. The molecule has 0 saturated carbocycles. The van der Waals surface area contributed by atoms with Gasteiger partial charge in [0.05, 0.1) is 5.02 Å². The van der Waals surface area contributed by atoms with Crippen LogP contribution in [0.4, 0.5) is 23.0 Å². The molecule has 1 heterocycles. The largest absolute Gasteiger partial charge is 0.482 e. The van der Waals surface area contributed by atoms with E-state index >= 15 is 0 Å². The van der Waals surface area contributed by atoms with Crippen LogP contribution in [-0.4, -0.2) is 22.5 Å². The Morgan fingerprint density at radius 2 is 1.90 bits per heavy atom. The van der Waals surface area contributed by atoms with Gasteiger partial charge in [0.25, 0.3) is 5.91 Å². The molecular weight excluding hydrogens is 415 g/mol. The van der Waals surface area contributed by atoms with Gasteiger partial charge in [-0.15, -0.1) is 0 Å². The van der Waals surface area contributed by atoms with Crippen LogP contribution in [0.15, 0.2) is 48.8 Å². The average Bonchev–Trinajstić information content (AvgIpc) is 2.69. The number of anilines is 4. The monoisotopic (exact) mass is 432 g/mol. The fourth-order valence-electron chi connectivity index (χ4n) is 2.34. The minimum absolute atomic E-state index is 0.244. The standard InChI is InChI=1S/C19H18Cl2N6O2/c1-11-4-2-3-5-14(11)25-18-17(22)19(24-10-23-18)27-26-16(28)9-29-15-7-6-12(20)8-13(15)21/h2-8,10H,9,22H2,1H3,(H,26,28)(H2,23,24,25,27). The highest BCUT2D eigenvalue weighted by Gasteiger charge is 2.11. The van der Waals surface area contributed by atoms with Crippen LogP contribution in [0.5, 0.6) is 5.75 Å². The van der Waals surface area contributed by atoms with Gasteiger partial charge in [-0.05, 0) is 36.8 Å². The van der Waals surface area contributed by atoms with Gasteiger partial charge in [-0.25, -0.2) is 9.97 Å². The zero-order valence-corrected chi connectivity index (χ0v) is 16.9. The lowest BCUT2D eigenvalue weighted by Gasteiger charge is -2.14. The van der Waals surface area contributed by atoms with E-state index in [2.05, 4.69) is 26.1 Å². The van der Waals surface area contributed by atoms with Gasteiger partial charge >= 0.3 is 0 Å². The molecule has 1 aromatic heterocycles. The van der Waals surface area contributed by atoms with Crippen molar-refractivity contribution < 1.29 is 9.53 Å². The Kier molecular flexibility index (Phi) is 6.58. The van der Waals surface area contributed by atoms with E-state index < -0.39 is 5.91 Å². The second-order valence-electron chi connectivity index (χ2n) is 5.96. The summed E-state index contributed by atoms with van der Waals surface area (Å²) in [6.45, 7) is 1.69. The van der Waals surface area contributed by atoms with E-state index in [1.54, 1.807) is 12.1 Å². The molecule has 3 aromatic rings. The first-order valence-electron chi connectivity index (χ1n) is 8.50. The molecule has 150 valence electrons. The fraction of sp³-hybridized carbons (Fsp3) is 0.105. The number of hydrogen-bond acceptors (Lipinski definition) is 7. The van der Waals surface area contributed by atoms with Crippen LogP contribution in [0.25, 0.3) is 0 Å². The maximum Gasteiger partial charge on any atom is 0.276 e. The summed E-state index contributed by atoms with van der Waals surface area (Å²) in [6.07, 6.45) is 1.33. The summed E-state index contributed by atoms with van der Waals surface area (Å²) in [6, 6.07) is 12.4. The van der Waals surface area contributed by atoms with E-state index in [0.29, 0.717) is 21.6 Å². The SMILES string of the molecule is Cc1ccccc1Nc1ncnc(NNC(=O)COc2ccc(Cl)cc2Cl)c1N. The predicted octanol–water partition coefficient (Wildman–Crippen LogP) is 3.94. The van der Waals surface area contributed by atoms with Crippen molar-refractivity contribution in [2.24, 2.45) is 0 Å². The molecule has 0 spiro atoms. The van der Waals surface area contributed by atoms with Gasteiger partial charge in [0.2, 0.25) is 0 Å².